The molecule has 0 radical (unpaired) electrons. The molecule has 0 amide bonds. The fourth-order valence-corrected chi connectivity index (χ4v) is 1.29. The van der Waals surface area contributed by atoms with E-state index >= 15 is 0 Å². The van der Waals surface area contributed by atoms with Crippen molar-refractivity contribution >= 4 is 17.2 Å². The summed E-state index contributed by atoms with van der Waals surface area (Å²) in [5.41, 5.74) is 0.432. The highest BCUT2D eigenvalue weighted by Gasteiger charge is 2.15. The van der Waals surface area contributed by atoms with Crippen LogP contribution in [-0.4, -0.2) is 12.5 Å². The molecule has 0 bridgehead atoms. The Morgan fingerprint density at radius 3 is 2.60 bits per heavy atom. The first kappa shape index (κ1) is 12.0. The normalized spacial score (nSPS) is 10.1. The van der Waals surface area contributed by atoms with Crippen LogP contribution in [0.4, 0.5) is 8.78 Å². The third kappa shape index (κ3) is 2.48. The molecule has 0 unspecified atom stereocenters. The molecule has 0 atom stereocenters. The van der Waals surface area contributed by atoms with Crippen LogP contribution in [0, 0.1) is 11.6 Å². The minimum absolute atomic E-state index is 0.0599. The number of ether oxygens (including phenoxy) is 1. The second-order valence-corrected chi connectivity index (χ2v) is 3.18. The van der Waals surface area contributed by atoms with Crippen LogP contribution >= 0.6 is 11.6 Å². The lowest BCUT2D eigenvalue weighted by atomic mass is 10.1. The number of hydrogen-bond donors (Lipinski definition) is 0. The van der Waals surface area contributed by atoms with Crippen LogP contribution in [0.2, 0.25) is 0 Å². The molecule has 0 fully saturated rings. The first-order chi connectivity index (χ1) is 7.11. The SMILES string of the molecule is C=C(CCl)c1ccc(OCC)c(F)c1F. The molecule has 0 heterocycles. The fraction of sp³-hybridized carbons (Fsp3) is 0.273. The molecule has 0 saturated carbocycles. The van der Waals surface area contributed by atoms with Crippen molar-refractivity contribution in [2.24, 2.45) is 0 Å². The van der Waals surface area contributed by atoms with Gasteiger partial charge in [-0.2, -0.15) is 4.39 Å². The van der Waals surface area contributed by atoms with Crippen molar-refractivity contribution in [3.05, 3.63) is 35.9 Å². The second kappa shape index (κ2) is 5.12. The van der Waals surface area contributed by atoms with Gasteiger partial charge in [-0.25, -0.2) is 4.39 Å². The monoisotopic (exact) mass is 232 g/mol. The number of benzene rings is 1. The molecule has 1 aromatic rings. The Morgan fingerprint density at radius 2 is 2.07 bits per heavy atom. The second-order valence-electron chi connectivity index (χ2n) is 2.91. The molecule has 0 aromatic heterocycles. The van der Waals surface area contributed by atoms with Gasteiger partial charge in [0.1, 0.15) is 0 Å². The molecule has 82 valence electrons. The van der Waals surface area contributed by atoms with Gasteiger partial charge >= 0.3 is 0 Å². The highest BCUT2D eigenvalue weighted by molar-refractivity contribution is 6.23. The zero-order valence-corrected chi connectivity index (χ0v) is 9.07. The standard InChI is InChI=1S/C11H11ClF2O/c1-3-15-9-5-4-8(7(2)6-12)10(13)11(9)14/h4-5H,2-3,6H2,1H3. The summed E-state index contributed by atoms with van der Waals surface area (Å²) in [5.74, 6) is -2.00. The molecule has 0 N–H and O–H groups in total. The molecule has 0 spiro atoms. The smallest absolute Gasteiger partial charge is 0.201 e. The molecule has 1 aromatic carbocycles. The van der Waals surface area contributed by atoms with Crippen molar-refractivity contribution in [1.82, 2.24) is 0 Å². The number of alkyl halides is 1. The van der Waals surface area contributed by atoms with Gasteiger partial charge in [0.05, 0.1) is 6.61 Å². The Balaban J connectivity index is 3.15. The van der Waals surface area contributed by atoms with Crippen molar-refractivity contribution in [2.45, 2.75) is 6.92 Å². The summed E-state index contributed by atoms with van der Waals surface area (Å²) in [6.45, 7) is 5.52. The van der Waals surface area contributed by atoms with Gasteiger partial charge in [0, 0.05) is 11.4 Å². The van der Waals surface area contributed by atoms with Crippen LogP contribution < -0.4 is 4.74 Å². The molecule has 0 aliphatic carbocycles. The predicted molar refractivity (Wildman–Crippen MR) is 57.3 cm³/mol. The van der Waals surface area contributed by atoms with Crippen molar-refractivity contribution in [3.63, 3.8) is 0 Å². The van der Waals surface area contributed by atoms with E-state index < -0.39 is 11.6 Å². The minimum Gasteiger partial charge on any atom is -0.491 e. The molecule has 4 heteroatoms. The van der Waals surface area contributed by atoms with Crippen LogP contribution in [0.1, 0.15) is 12.5 Å². The lowest BCUT2D eigenvalue weighted by Crippen LogP contribution is -2.00. The van der Waals surface area contributed by atoms with E-state index in [-0.39, 0.29) is 23.8 Å². The first-order valence-corrected chi connectivity index (χ1v) is 5.00. The van der Waals surface area contributed by atoms with Gasteiger partial charge in [-0.05, 0) is 24.6 Å². The third-order valence-electron chi connectivity index (χ3n) is 1.89. The van der Waals surface area contributed by atoms with Crippen molar-refractivity contribution < 1.29 is 13.5 Å². The minimum atomic E-state index is -0.999. The van der Waals surface area contributed by atoms with E-state index in [4.69, 9.17) is 16.3 Å². The molecule has 1 rings (SSSR count). The molecule has 0 saturated heterocycles. The summed E-state index contributed by atoms with van der Waals surface area (Å²) in [4.78, 5) is 0. The van der Waals surface area contributed by atoms with E-state index in [1.807, 2.05) is 0 Å². The van der Waals surface area contributed by atoms with Gasteiger partial charge in [-0.1, -0.05) is 6.58 Å². The Labute approximate surface area is 92.3 Å². The molecule has 0 aliphatic rings. The van der Waals surface area contributed by atoms with Gasteiger partial charge in [-0.3, -0.25) is 0 Å². The summed E-state index contributed by atoms with van der Waals surface area (Å²) in [7, 11) is 0. The Bertz CT molecular complexity index is 377. The van der Waals surface area contributed by atoms with Gasteiger partial charge in [0.2, 0.25) is 5.82 Å². The Hall–Kier alpha value is -1.09. The van der Waals surface area contributed by atoms with Crippen LogP contribution in [0.25, 0.3) is 5.57 Å². The highest BCUT2D eigenvalue weighted by Crippen LogP contribution is 2.26. The van der Waals surface area contributed by atoms with Gasteiger partial charge in [-0.15, -0.1) is 11.6 Å². The van der Waals surface area contributed by atoms with Crippen molar-refractivity contribution in [3.8, 4) is 5.75 Å². The van der Waals surface area contributed by atoms with Crippen LogP contribution in [0.5, 0.6) is 5.75 Å². The quantitative estimate of drug-likeness (QED) is 0.721. The summed E-state index contributed by atoms with van der Waals surface area (Å²) in [5, 5.41) is 0. The maximum Gasteiger partial charge on any atom is 0.201 e. The average molecular weight is 233 g/mol. The molecular weight excluding hydrogens is 222 g/mol. The van der Waals surface area contributed by atoms with Gasteiger partial charge < -0.3 is 4.74 Å². The Morgan fingerprint density at radius 1 is 1.40 bits per heavy atom. The topological polar surface area (TPSA) is 9.23 Å². The lowest BCUT2D eigenvalue weighted by Gasteiger charge is -2.09. The fourth-order valence-electron chi connectivity index (χ4n) is 1.14. The highest BCUT2D eigenvalue weighted by atomic mass is 35.5. The number of allylic oxidation sites excluding steroid dienone is 1. The number of hydrogen-bond acceptors (Lipinski definition) is 1. The summed E-state index contributed by atoms with van der Waals surface area (Å²) in [6.07, 6.45) is 0. The maximum absolute atomic E-state index is 13.4. The zero-order chi connectivity index (χ0) is 11.4. The zero-order valence-electron chi connectivity index (χ0n) is 8.32. The predicted octanol–water partition coefficient (Wildman–Crippen LogP) is 3.62. The largest absolute Gasteiger partial charge is 0.491 e. The van der Waals surface area contributed by atoms with E-state index in [1.54, 1.807) is 6.92 Å². The van der Waals surface area contributed by atoms with Crippen LogP contribution in [-0.2, 0) is 0 Å². The van der Waals surface area contributed by atoms with Crippen LogP contribution in [0.15, 0.2) is 18.7 Å². The third-order valence-corrected chi connectivity index (χ3v) is 2.21. The number of halogens is 3. The van der Waals surface area contributed by atoms with Gasteiger partial charge in [0.25, 0.3) is 0 Å². The molecule has 1 nitrogen and oxygen atoms in total. The average Bonchev–Trinajstić information content (AvgIpc) is 2.24. The molecule has 0 aliphatic heterocycles. The van der Waals surface area contributed by atoms with E-state index in [1.165, 1.54) is 12.1 Å². The first-order valence-electron chi connectivity index (χ1n) is 4.46. The lowest BCUT2D eigenvalue weighted by molar-refractivity contribution is 0.314. The van der Waals surface area contributed by atoms with Gasteiger partial charge in [0.15, 0.2) is 11.6 Å². The van der Waals surface area contributed by atoms with E-state index in [0.717, 1.165) is 0 Å². The maximum atomic E-state index is 13.4. The number of rotatable bonds is 4. The van der Waals surface area contributed by atoms with Crippen molar-refractivity contribution in [1.29, 1.82) is 0 Å². The van der Waals surface area contributed by atoms with E-state index in [0.29, 0.717) is 5.57 Å². The van der Waals surface area contributed by atoms with Crippen LogP contribution in [0.3, 0.4) is 0 Å². The summed E-state index contributed by atoms with van der Waals surface area (Å²) < 4.78 is 31.7. The Kier molecular flexibility index (Phi) is 4.09. The molecular formula is C11H11ClF2O. The van der Waals surface area contributed by atoms with E-state index in [2.05, 4.69) is 6.58 Å². The molecule has 15 heavy (non-hydrogen) atoms. The van der Waals surface area contributed by atoms with Crippen molar-refractivity contribution in [2.75, 3.05) is 12.5 Å². The summed E-state index contributed by atoms with van der Waals surface area (Å²) >= 11 is 5.49. The summed E-state index contributed by atoms with van der Waals surface area (Å²) in [6, 6.07) is 2.78. The van der Waals surface area contributed by atoms with E-state index in [9.17, 15) is 8.78 Å².